The predicted molar refractivity (Wildman–Crippen MR) is 127 cm³/mol. The standard InChI is InChI=1S/C27H36O9/c1-13-15(28)11-26(24(2,3)33)18(13)19(30)21(31)25(4)16(29)10-17-27(34,12-35-17)20(25)22(26)36-23(32)14-8-6-5-7-9-14/h5-9,15-17,19-22,28-31,33-34H,10-12H2,1-4H3/t15-,16-,17+,19+,20-,21-,22-,25+,26-,27-/m0/s1. The second-order valence-electron chi connectivity index (χ2n) is 11.8. The summed E-state index contributed by atoms with van der Waals surface area (Å²) in [5.74, 6) is -1.87. The third-order valence-corrected chi connectivity index (χ3v) is 9.71. The molecule has 0 spiro atoms. The van der Waals surface area contributed by atoms with E-state index in [0.29, 0.717) is 5.57 Å². The number of benzene rings is 1. The molecule has 4 aliphatic rings. The van der Waals surface area contributed by atoms with Crippen LogP contribution in [-0.2, 0) is 9.47 Å². The number of ether oxygens (including phenoxy) is 2. The molecular weight excluding hydrogens is 468 g/mol. The molecule has 0 radical (unpaired) electrons. The molecule has 0 aromatic heterocycles. The molecule has 0 amide bonds. The third kappa shape index (κ3) is 3.11. The first kappa shape index (κ1) is 25.8. The Kier molecular flexibility index (Phi) is 5.78. The van der Waals surface area contributed by atoms with Crippen molar-refractivity contribution in [3.63, 3.8) is 0 Å². The molecule has 1 aromatic rings. The molecule has 6 N–H and O–H groups in total. The van der Waals surface area contributed by atoms with Gasteiger partial charge in [0, 0.05) is 17.8 Å². The molecule has 9 nitrogen and oxygen atoms in total. The van der Waals surface area contributed by atoms with Crippen LogP contribution in [0.5, 0.6) is 0 Å². The molecule has 10 atom stereocenters. The number of esters is 1. The largest absolute Gasteiger partial charge is 0.457 e. The first-order valence-corrected chi connectivity index (χ1v) is 12.5. The molecule has 1 aromatic carbocycles. The third-order valence-electron chi connectivity index (χ3n) is 9.71. The molecule has 1 heterocycles. The molecule has 5 rings (SSSR count). The first-order valence-electron chi connectivity index (χ1n) is 12.5. The van der Waals surface area contributed by atoms with Gasteiger partial charge in [0.05, 0.1) is 47.6 Å². The minimum atomic E-state index is -1.69. The molecule has 2 saturated carbocycles. The lowest BCUT2D eigenvalue weighted by atomic mass is 9.50. The van der Waals surface area contributed by atoms with Crippen LogP contribution in [0.1, 0.15) is 50.9 Å². The Morgan fingerprint density at radius 2 is 1.78 bits per heavy atom. The van der Waals surface area contributed by atoms with Crippen LogP contribution >= 0.6 is 0 Å². The van der Waals surface area contributed by atoms with Gasteiger partial charge in [0.1, 0.15) is 17.8 Å². The van der Waals surface area contributed by atoms with Gasteiger partial charge >= 0.3 is 5.97 Å². The number of aliphatic hydroxyl groups is 6. The zero-order valence-electron chi connectivity index (χ0n) is 21.0. The lowest BCUT2D eigenvalue weighted by Crippen LogP contribution is -2.77. The molecule has 3 fully saturated rings. The van der Waals surface area contributed by atoms with E-state index >= 15 is 0 Å². The smallest absolute Gasteiger partial charge is 0.338 e. The van der Waals surface area contributed by atoms with E-state index in [4.69, 9.17) is 9.47 Å². The number of carbonyl (C=O) groups is 1. The molecule has 198 valence electrons. The van der Waals surface area contributed by atoms with Gasteiger partial charge in [-0.25, -0.2) is 4.79 Å². The van der Waals surface area contributed by atoms with Crippen molar-refractivity contribution in [3.05, 3.63) is 47.0 Å². The number of aliphatic hydroxyl groups excluding tert-OH is 4. The predicted octanol–water partition coefficient (Wildman–Crippen LogP) is 0.303. The zero-order valence-corrected chi connectivity index (χ0v) is 21.0. The Morgan fingerprint density at radius 1 is 1.14 bits per heavy atom. The quantitative estimate of drug-likeness (QED) is 0.252. The van der Waals surface area contributed by atoms with Crippen LogP contribution in [0.3, 0.4) is 0 Å². The van der Waals surface area contributed by atoms with Crippen LogP contribution in [0.4, 0.5) is 0 Å². The van der Waals surface area contributed by atoms with Crippen LogP contribution in [0.25, 0.3) is 0 Å². The monoisotopic (exact) mass is 504 g/mol. The van der Waals surface area contributed by atoms with Crippen LogP contribution in [0.15, 0.2) is 41.5 Å². The maximum Gasteiger partial charge on any atom is 0.338 e. The number of hydrogen-bond acceptors (Lipinski definition) is 9. The van der Waals surface area contributed by atoms with Crippen LogP contribution < -0.4 is 0 Å². The number of rotatable bonds is 3. The van der Waals surface area contributed by atoms with E-state index in [0.717, 1.165) is 0 Å². The minimum absolute atomic E-state index is 0.0167. The van der Waals surface area contributed by atoms with Gasteiger partial charge in [0.15, 0.2) is 0 Å². The number of fused-ring (bicyclic) bond motifs is 4. The molecular formula is C27H36O9. The van der Waals surface area contributed by atoms with Crippen LogP contribution in [0.2, 0.25) is 0 Å². The molecule has 1 aliphatic heterocycles. The van der Waals surface area contributed by atoms with E-state index in [1.165, 1.54) is 13.8 Å². The molecule has 0 bridgehead atoms. The molecule has 0 unspecified atom stereocenters. The van der Waals surface area contributed by atoms with Crippen molar-refractivity contribution in [1.82, 2.24) is 0 Å². The van der Waals surface area contributed by atoms with Crippen LogP contribution in [-0.4, -0.2) is 91.0 Å². The van der Waals surface area contributed by atoms with Crippen LogP contribution in [0, 0.1) is 16.7 Å². The lowest BCUT2D eigenvalue weighted by molar-refractivity contribution is -0.349. The highest BCUT2D eigenvalue weighted by atomic mass is 16.6. The van der Waals surface area contributed by atoms with Crippen molar-refractivity contribution >= 4 is 5.97 Å². The molecule has 36 heavy (non-hydrogen) atoms. The van der Waals surface area contributed by atoms with E-state index in [1.807, 2.05) is 0 Å². The van der Waals surface area contributed by atoms with E-state index in [9.17, 15) is 35.4 Å². The van der Waals surface area contributed by atoms with E-state index in [1.54, 1.807) is 44.2 Å². The fourth-order valence-corrected chi connectivity index (χ4v) is 7.61. The Hall–Kier alpha value is -1.85. The van der Waals surface area contributed by atoms with Gasteiger partial charge in [-0.1, -0.05) is 25.1 Å². The maximum absolute atomic E-state index is 13.5. The van der Waals surface area contributed by atoms with Crippen molar-refractivity contribution in [3.8, 4) is 0 Å². The highest BCUT2D eigenvalue weighted by Gasteiger charge is 2.77. The van der Waals surface area contributed by atoms with Gasteiger partial charge < -0.3 is 40.1 Å². The maximum atomic E-state index is 13.5. The van der Waals surface area contributed by atoms with Gasteiger partial charge in [-0.15, -0.1) is 0 Å². The van der Waals surface area contributed by atoms with Crippen molar-refractivity contribution in [2.45, 2.75) is 88.4 Å². The average molecular weight is 505 g/mol. The molecule has 1 saturated heterocycles. The number of hydrogen-bond donors (Lipinski definition) is 6. The Morgan fingerprint density at radius 3 is 2.33 bits per heavy atom. The highest BCUT2D eigenvalue weighted by Crippen LogP contribution is 2.66. The summed E-state index contributed by atoms with van der Waals surface area (Å²) >= 11 is 0. The summed E-state index contributed by atoms with van der Waals surface area (Å²) in [5, 5.41) is 69.2. The summed E-state index contributed by atoms with van der Waals surface area (Å²) in [6, 6.07) is 8.25. The van der Waals surface area contributed by atoms with Crippen molar-refractivity contribution in [2.24, 2.45) is 16.7 Å². The first-order chi connectivity index (χ1) is 16.7. The van der Waals surface area contributed by atoms with E-state index < -0.39 is 70.5 Å². The lowest BCUT2D eigenvalue weighted by Gasteiger charge is -2.64. The molecule has 9 heteroatoms. The van der Waals surface area contributed by atoms with E-state index in [2.05, 4.69) is 0 Å². The summed E-state index contributed by atoms with van der Waals surface area (Å²) in [6.45, 7) is 6.05. The second-order valence-corrected chi connectivity index (χ2v) is 11.8. The highest BCUT2D eigenvalue weighted by molar-refractivity contribution is 5.89. The summed E-state index contributed by atoms with van der Waals surface area (Å²) in [6.07, 6.45) is -7.73. The van der Waals surface area contributed by atoms with Gasteiger partial charge in [0.2, 0.25) is 0 Å². The zero-order chi connectivity index (χ0) is 26.4. The second kappa shape index (κ2) is 8.07. The van der Waals surface area contributed by atoms with Crippen molar-refractivity contribution in [1.29, 1.82) is 0 Å². The summed E-state index contributed by atoms with van der Waals surface area (Å²) in [5.41, 5.74) is -5.67. The number of carbonyl (C=O) groups excluding carboxylic acids is 1. The van der Waals surface area contributed by atoms with Crippen molar-refractivity contribution in [2.75, 3.05) is 6.61 Å². The Bertz CT molecular complexity index is 1080. The topological polar surface area (TPSA) is 157 Å². The fourth-order valence-electron chi connectivity index (χ4n) is 7.61. The average Bonchev–Trinajstić information content (AvgIpc) is 3.07. The van der Waals surface area contributed by atoms with Gasteiger partial charge in [0.25, 0.3) is 0 Å². The van der Waals surface area contributed by atoms with Crippen molar-refractivity contribution < 1.29 is 44.9 Å². The SMILES string of the molecule is CC1=C2[C@@H](O)[C@H](O)[C@@]3(C)[C@H]([C@H](OC(=O)c4ccccc4)[C@]2(C(C)(C)O)C[C@@H]1O)[C@]1(O)CO[C@@H]1C[C@@H]3O. The van der Waals surface area contributed by atoms with Gasteiger partial charge in [-0.3, -0.25) is 0 Å². The minimum Gasteiger partial charge on any atom is -0.457 e. The van der Waals surface area contributed by atoms with E-state index in [-0.39, 0.29) is 30.6 Å². The summed E-state index contributed by atoms with van der Waals surface area (Å²) < 4.78 is 11.8. The Labute approximate surface area is 210 Å². The fraction of sp³-hybridized carbons (Fsp3) is 0.667. The van der Waals surface area contributed by atoms with Gasteiger partial charge in [-0.2, -0.15) is 0 Å². The normalized spacial score (nSPS) is 46.2. The Balaban J connectivity index is 1.80. The summed E-state index contributed by atoms with van der Waals surface area (Å²) in [7, 11) is 0. The summed E-state index contributed by atoms with van der Waals surface area (Å²) in [4.78, 5) is 13.5. The molecule has 3 aliphatic carbocycles. The van der Waals surface area contributed by atoms with Gasteiger partial charge in [-0.05, 0) is 50.5 Å².